The van der Waals surface area contributed by atoms with Crippen molar-refractivity contribution in [1.29, 1.82) is 0 Å². The molecule has 0 unspecified atom stereocenters. The number of fused-ring (bicyclic) bond motifs is 4. The average molecular weight is 617 g/mol. The molecule has 6 nitrogen and oxygen atoms in total. The standard InChI is InChI=1S/C40H25N5O/c1-3-12-26(13-4-1)37-42-38(27-14-5-2-6-15-27)44-39(43-37)28-22-23-36-33(25-28)41-40(46-36)29-16-11-17-30(24-29)45-34-20-9-7-18-31(34)32-19-8-10-21-35(32)45/h1-25H/i1D,2D,3D,4D,5D,6D,7D,8D,9D,10D,11D,12D,13D,14D,15D,16D,17D,18D,19D,20D,21D,22D,23D,24D,25D. The van der Waals surface area contributed by atoms with Crippen molar-refractivity contribution in [2.45, 2.75) is 0 Å². The minimum Gasteiger partial charge on any atom is -0.436 e. The third-order valence-corrected chi connectivity index (χ3v) is 6.56. The number of hydrogen-bond acceptors (Lipinski definition) is 5. The fourth-order valence-electron chi connectivity index (χ4n) is 4.61. The molecule has 6 heteroatoms. The van der Waals surface area contributed by atoms with Gasteiger partial charge in [-0.15, -0.1) is 0 Å². The van der Waals surface area contributed by atoms with E-state index in [1.165, 1.54) is 0 Å². The molecule has 0 aliphatic carbocycles. The van der Waals surface area contributed by atoms with Crippen LogP contribution in [-0.4, -0.2) is 24.5 Å². The lowest BCUT2D eigenvalue weighted by Crippen LogP contribution is -2.00. The molecular weight excluding hydrogens is 566 g/mol. The summed E-state index contributed by atoms with van der Waals surface area (Å²) in [7, 11) is 0. The first-order valence-electron chi connectivity index (χ1n) is 25.6. The Balaban J connectivity index is 1.36. The van der Waals surface area contributed by atoms with Gasteiger partial charge in [0, 0.05) is 38.7 Å². The number of aromatic nitrogens is 5. The van der Waals surface area contributed by atoms with Crippen molar-refractivity contribution < 1.29 is 38.7 Å². The minimum absolute atomic E-state index is 0.419. The Morgan fingerprint density at radius 3 is 1.63 bits per heavy atom. The summed E-state index contributed by atoms with van der Waals surface area (Å²) in [4.78, 5) is 16.9. The molecule has 0 aliphatic heterocycles. The van der Waals surface area contributed by atoms with Crippen LogP contribution in [0.3, 0.4) is 0 Å². The highest BCUT2D eigenvalue weighted by molar-refractivity contribution is 6.09. The first-order chi connectivity index (χ1) is 33.2. The van der Waals surface area contributed by atoms with Gasteiger partial charge < -0.3 is 8.98 Å². The molecule has 3 aromatic heterocycles. The van der Waals surface area contributed by atoms with E-state index in [9.17, 15) is 2.74 Å². The van der Waals surface area contributed by atoms with E-state index in [2.05, 4.69) is 19.9 Å². The second kappa shape index (κ2) is 10.6. The average Bonchev–Trinajstić information content (AvgIpc) is 3.94. The Kier molecular flexibility index (Phi) is 2.59. The third kappa shape index (κ3) is 4.43. The van der Waals surface area contributed by atoms with Crippen molar-refractivity contribution in [2.75, 3.05) is 0 Å². The summed E-state index contributed by atoms with van der Waals surface area (Å²) in [6, 6.07) is -20.9. The Morgan fingerprint density at radius 1 is 0.457 bits per heavy atom. The lowest BCUT2D eigenvalue weighted by molar-refractivity contribution is 0.620. The highest BCUT2D eigenvalue weighted by Crippen LogP contribution is 2.34. The van der Waals surface area contributed by atoms with Crippen LogP contribution in [0.15, 0.2) is 155 Å². The molecule has 0 amide bonds. The van der Waals surface area contributed by atoms with Crippen LogP contribution in [-0.2, 0) is 0 Å². The van der Waals surface area contributed by atoms with Gasteiger partial charge in [0.15, 0.2) is 23.1 Å². The molecule has 0 fully saturated rings. The molecule has 0 saturated heterocycles. The molecule has 0 atom stereocenters. The van der Waals surface area contributed by atoms with Crippen molar-refractivity contribution in [1.82, 2.24) is 24.5 Å². The lowest BCUT2D eigenvalue weighted by atomic mass is 10.1. The zero-order valence-electron chi connectivity index (χ0n) is 47.6. The summed E-state index contributed by atoms with van der Waals surface area (Å²) in [6.45, 7) is 0. The number of benzene rings is 6. The van der Waals surface area contributed by atoms with Gasteiger partial charge in [-0.25, -0.2) is 19.9 Å². The number of nitrogens with zero attached hydrogens (tertiary/aromatic N) is 5. The number of rotatable bonds is 5. The van der Waals surface area contributed by atoms with Crippen molar-refractivity contribution in [3.8, 4) is 51.3 Å². The van der Waals surface area contributed by atoms with E-state index in [4.69, 9.17) is 35.9 Å². The van der Waals surface area contributed by atoms with E-state index >= 15 is 0 Å². The maximum Gasteiger partial charge on any atom is 0.227 e. The normalized spacial score (nSPS) is 19.1. The van der Waals surface area contributed by atoms with Gasteiger partial charge in [0.25, 0.3) is 0 Å². The Hall–Kier alpha value is -6.40. The summed E-state index contributed by atoms with van der Waals surface area (Å²) < 4.78 is 223. The van der Waals surface area contributed by atoms with Gasteiger partial charge in [-0.1, -0.05) is 103 Å². The minimum atomic E-state index is -0.950. The Labute approximate surface area is 299 Å². The molecule has 0 spiro atoms. The topological polar surface area (TPSA) is 69.6 Å². The van der Waals surface area contributed by atoms with Crippen LogP contribution in [0.1, 0.15) is 34.3 Å². The summed E-state index contributed by atoms with van der Waals surface area (Å²) >= 11 is 0. The summed E-state index contributed by atoms with van der Waals surface area (Å²) in [6.07, 6.45) is 0. The van der Waals surface area contributed by atoms with Gasteiger partial charge in [0.05, 0.1) is 45.3 Å². The molecule has 3 heterocycles. The highest BCUT2D eigenvalue weighted by Gasteiger charge is 2.16. The van der Waals surface area contributed by atoms with Crippen LogP contribution in [0.2, 0.25) is 0 Å². The van der Waals surface area contributed by atoms with Gasteiger partial charge in [0.1, 0.15) is 5.52 Å². The van der Waals surface area contributed by atoms with Crippen LogP contribution in [0, 0.1) is 0 Å². The predicted molar refractivity (Wildman–Crippen MR) is 183 cm³/mol. The molecule has 0 radical (unpaired) electrons. The van der Waals surface area contributed by atoms with E-state index in [-0.39, 0.29) is 0 Å². The van der Waals surface area contributed by atoms with Gasteiger partial charge in [-0.05, 0) is 48.3 Å². The van der Waals surface area contributed by atoms with Crippen molar-refractivity contribution in [3.63, 3.8) is 0 Å². The molecule has 0 N–H and O–H groups in total. The molecule has 9 rings (SSSR count). The zero-order valence-corrected chi connectivity index (χ0v) is 22.6. The second-order valence-corrected chi connectivity index (χ2v) is 9.26. The predicted octanol–water partition coefficient (Wildman–Crippen LogP) is 9.78. The van der Waals surface area contributed by atoms with E-state index in [0.29, 0.717) is 0 Å². The van der Waals surface area contributed by atoms with Crippen LogP contribution < -0.4 is 0 Å². The summed E-state index contributed by atoms with van der Waals surface area (Å²) in [5, 5.41) is -0.838. The van der Waals surface area contributed by atoms with E-state index in [1.807, 2.05) is 0 Å². The maximum absolute atomic E-state index is 9.47. The van der Waals surface area contributed by atoms with Crippen molar-refractivity contribution in [2.24, 2.45) is 0 Å². The Morgan fingerprint density at radius 2 is 1.00 bits per heavy atom. The largest absolute Gasteiger partial charge is 0.436 e. The molecule has 0 saturated carbocycles. The van der Waals surface area contributed by atoms with Crippen LogP contribution in [0.4, 0.5) is 0 Å². The van der Waals surface area contributed by atoms with Crippen LogP contribution in [0.25, 0.3) is 84.2 Å². The smallest absolute Gasteiger partial charge is 0.227 e. The molecular formula is C40H25N5O. The van der Waals surface area contributed by atoms with Crippen molar-refractivity contribution in [3.05, 3.63) is 151 Å². The van der Waals surface area contributed by atoms with E-state index in [0.717, 1.165) is 4.57 Å². The fraction of sp³-hybridized carbons (Fsp3) is 0. The van der Waals surface area contributed by atoms with Crippen LogP contribution >= 0.6 is 0 Å². The molecule has 9 aromatic rings. The zero-order chi connectivity index (χ0) is 52.2. The van der Waals surface area contributed by atoms with Gasteiger partial charge in [-0.2, -0.15) is 0 Å². The van der Waals surface area contributed by atoms with Gasteiger partial charge >= 0.3 is 0 Å². The quantitative estimate of drug-likeness (QED) is 0.193. The molecule has 216 valence electrons. The maximum atomic E-state index is 9.47. The monoisotopic (exact) mass is 616 g/mol. The van der Waals surface area contributed by atoms with Crippen LogP contribution in [0.5, 0.6) is 0 Å². The first kappa shape index (κ1) is 11.2. The number of hydrogen-bond donors (Lipinski definition) is 0. The Bertz CT molecular complexity index is 3740. The molecule has 0 aliphatic rings. The molecule has 46 heavy (non-hydrogen) atoms. The SMILES string of the molecule is [2H]c1c([2H])c([2H])c(-c2nc(-c3c([2H])c([2H])c([2H])c([2H])c3[2H])nc(-c3c([2H])c([2H])c4oc(-c5c([2H])c([2H])c([2H])c(-n6c7c([2H])c([2H])c([2H])c([2H])c7c7c([2H])c([2H])c([2H])c([2H])c76)c5[2H])nc4c3[2H])n2)c([2H])c1[2H]. The van der Waals surface area contributed by atoms with Gasteiger partial charge in [-0.3, -0.25) is 0 Å². The third-order valence-electron chi connectivity index (χ3n) is 6.56. The van der Waals surface area contributed by atoms with Crippen molar-refractivity contribution >= 4 is 32.9 Å². The second-order valence-electron chi connectivity index (χ2n) is 9.26. The molecule has 0 bridgehead atoms. The molecule has 6 aromatic carbocycles. The fourth-order valence-corrected chi connectivity index (χ4v) is 4.61. The number of para-hydroxylation sites is 2. The highest BCUT2D eigenvalue weighted by atomic mass is 16.3. The number of oxazole rings is 1. The first-order valence-corrected chi connectivity index (χ1v) is 13.1. The summed E-state index contributed by atoms with van der Waals surface area (Å²) in [5.74, 6) is -3.05. The summed E-state index contributed by atoms with van der Waals surface area (Å²) in [5.41, 5.74) is -5.77. The van der Waals surface area contributed by atoms with E-state index in [1.54, 1.807) is 0 Å². The lowest BCUT2D eigenvalue weighted by Gasteiger charge is -2.08. The van der Waals surface area contributed by atoms with Gasteiger partial charge in [0.2, 0.25) is 5.89 Å². The van der Waals surface area contributed by atoms with E-state index < -0.39 is 235 Å².